The van der Waals surface area contributed by atoms with Gasteiger partial charge in [0.15, 0.2) is 6.29 Å². The number of nitrogens with one attached hydrogen (secondary N) is 3. The summed E-state index contributed by atoms with van der Waals surface area (Å²) in [7, 11) is 3.07. The summed E-state index contributed by atoms with van der Waals surface area (Å²) < 4.78 is 10.3. The first-order valence-electron chi connectivity index (χ1n) is 13.7. The molecule has 1 fully saturated rings. The molecule has 0 radical (unpaired) electrons. The van der Waals surface area contributed by atoms with Crippen LogP contribution in [0.15, 0.2) is 29.8 Å². The number of aromatic nitrogens is 1. The molecule has 3 atom stereocenters. The van der Waals surface area contributed by atoms with Crippen molar-refractivity contribution < 1.29 is 23.9 Å². The molecule has 2 heterocycles. The van der Waals surface area contributed by atoms with Crippen molar-refractivity contribution in [3.63, 3.8) is 0 Å². The Morgan fingerprint density at radius 2 is 1.80 bits per heavy atom. The van der Waals surface area contributed by atoms with Gasteiger partial charge in [0.2, 0.25) is 11.8 Å². The van der Waals surface area contributed by atoms with Crippen LogP contribution in [-0.4, -0.2) is 73.4 Å². The van der Waals surface area contributed by atoms with Gasteiger partial charge in [0, 0.05) is 33.7 Å². The highest BCUT2D eigenvalue weighted by Crippen LogP contribution is 2.29. The second-order valence-corrected chi connectivity index (χ2v) is 12.1. The summed E-state index contributed by atoms with van der Waals surface area (Å²) in [5.74, 6) is -0.452. The predicted octanol–water partition coefficient (Wildman–Crippen LogP) is 4.01. The van der Waals surface area contributed by atoms with Gasteiger partial charge in [-0.15, -0.1) is 11.3 Å². The number of likely N-dealkylation sites (tertiary alicyclic amines) is 1. The molecule has 10 nitrogen and oxygen atoms in total. The predicted molar refractivity (Wildman–Crippen MR) is 156 cm³/mol. The SMILES string of the molecule is COC(CCNC(=O)N[C@H](C(=O)N1CCC[C@H]1C(=O)N[C@@H](C)c1ccc(-c2scnc2C)cc1)C(C)(C)C)OC. The van der Waals surface area contributed by atoms with Crippen LogP contribution >= 0.6 is 11.3 Å². The summed E-state index contributed by atoms with van der Waals surface area (Å²) in [6.45, 7) is 10.4. The lowest BCUT2D eigenvalue weighted by Gasteiger charge is -2.35. The van der Waals surface area contributed by atoms with E-state index in [1.54, 1.807) is 16.2 Å². The van der Waals surface area contributed by atoms with E-state index in [1.807, 2.05) is 64.4 Å². The molecule has 1 aromatic carbocycles. The van der Waals surface area contributed by atoms with Gasteiger partial charge in [0.25, 0.3) is 0 Å². The normalized spacial score (nSPS) is 17.0. The van der Waals surface area contributed by atoms with Gasteiger partial charge in [-0.2, -0.15) is 0 Å². The van der Waals surface area contributed by atoms with Gasteiger partial charge >= 0.3 is 6.03 Å². The average molecular weight is 574 g/mol. The minimum atomic E-state index is -0.804. The molecule has 1 aliphatic rings. The van der Waals surface area contributed by atoms with Crippen molar-refractivity contribution in [1.29, 1.82) is 0 Å². The average Bonchev–Trinajstić information content (AvgIpc) is 3.58. The van der Waals surface area contributed by atoms with E-state index in [1.165, 1.54) is 14.2 Å². The van der Waals surface area contributed by atoms with Crippen LogP contribution in [0.1, 0.15) is 64.3 Å². The molecule has 0 bridgehead atoms. The zero-order valence-electron chi connectivity index (χ0n) is 24.6. The molecule has 0 unspecified atom stereocenters. The summed E-state index contributed by atoms with van der Waals surface area (Å²) in [6, 6.07) is 6.03. The molecule has 2 aromatic rings. The minimum absolute atomic E-state index is 0.192. The smallest absolute Gasteiger partial charge is 0.315 e. The third-order valence-electron chi connectivity index (χ3n) is 7.20. The third kappa shape index (κ3) is 8.02. The second-order valence-electron chi connectivity index (χ2n) is 11.2. The zero-order valence-corrected chi connectivity index (χ0v) is 25.4. The van der Waals surface area contributed by atoms with Crippen molar-refractivity contribution in [1.82, 2.24) is 25.8 Å². The number of benzene rings is 1. The van der Waals surface area contributed by atoms with E-state index in [-0.39, 0.29) is 17.9 Å². The summed E-state index contributed by atoms with van der Waals surface area (Å²) in [4.78, 5) is 46.8. The van der Waals surface area contributed by atoms with Crippen LogP contribution in [0.3, 0.4) is 0 Å². The van der Waals surface area contributed by atoms with Gasteiger partial charge in [-0.1, -0.05) is 45.0 Å². The van der Waals surface area contributed by atoms with Gasteiger partial charge in [-0.3, -0.25) is 9.59 Å². The van der Waals surface area contributed by atoms with Crippen molar-refractivity contribution in [2.75, 3.05) is 27.3 Å². The lowest BCUT2D eigenvalue weighted by atomic mass is 9.85. The Morgan fingerprint density at radius 3 is 2.38 bits per heavy atom. The molecule has 220 valence electrons. The number of rotatable bonds is 11. The fraction of sp³-hybridized carbons (Fsp3) is 0.586. The Balaban J connectivity index is 1.62. The number of nitrogens with zero attached hydrogens (tertiary/aromatic N) is 2. The van der Waals surface area contributed by atoms with E-state index in [0.717, 1.165) is 28.1 Å². The van der Waals surface area contributed by atoms with Crippen molar-refractivity contribution in [3.8, 4) is 10.4 Å². The highest BCUT2D eigenvalue weighted by molar-refractivity contribution is 7.13. The number of hydrogen-bond donors (Lipinski definition) is 3. The molecule has 1 aromatic heterocycles. The number of amides is 4. The van der Waals surface area contributed by atoms with Crippen LogP contribution in [0.25, 0.3) is 10.4 Å². The molecule has 4 amide bonds. The van der Waals surface area contributed by atoms with Crippen LogP contribution in [0, 0.1) is 12.3 Å². The molecule has 1 saturated heterocycles. The molecule has 0 saturated carbocycles. The molecule has 3 N–H and O–H groups in total. The molecule has 3 rings (SSSR count). The van der Waals surface area contributed by atoms with Crippen LogP contribution in [0.2, 0.25) is 0 Å². The van der Waals surface area contributed by atoms with Crippen LogP contribution in [0.5, 0.6) is 0 Å². The number of thiazole rings is 1. The van der Waals surface area contributed by atoms with E-state index in [0.29, 0.717) is 25.9 Å². The Labute approximate surface area is 241 Å². The summed E-state index contributed by atoms with van der Waals surface area (Å²) in [5.41, 5.74) is 4.34. The minimum Gasteiger partial charge on any atom is -0.356 e. The molecule has 11 heteroatoms. The first kappa shape index (κ1) is 31.5. The Kier molecular flexibility index (Phi) is 11.1. The van der Waals surface area contributed by atoms with Gasteiger partial charge < -0.3 is 30.3 Å². The number of carbonyl (C=O) groups excluding carboxylic acids is 3. The van der Waals surface area contributed by atoms with Gasteiger partial charge in [-0.05, 0) is 43.2 Å². The Morgan fingerprint density at radius 1 is 1.12 bits per heavy atom. The number of carbonyl (C=O) groups is 3. The van der Waals surface area contributed by atoms with E-state index in [4.69, 9.17) is 9.47 Å². The van der Waals surface area contributed by atoms with Crippen LogP contribution < -0.4 is 16.0 Å². The molecular formula is C29H43N5O5S. The first-order chi connectivity index (χ1) is 19.0. The van der Waals surface area contributed by atoms with Gasteiger partial charge in [0.1, 0.15) is 12.1 Å². The van der Waals surface area contributed by atoms with Crippen molar-refractivity contribution >= 4 is 29.2 Å². The number of ether oxygens (including phenoxy) is 2. The molecule has 0 aliphatic carbocycles. The van der Waals surface area contributed by atoms with Gasteiger partial charge in [0.05, 0.1) is 22.1 Å². The lowest BCUT2D eigenvalue weighted by molar-refractivity contribution is -0.142. The fourth-order valence-corrected chi connectivity index (χ4v) is 5.64. The van der Waals surface area contributed by atoms with Crippen molar-refractivity contribution in [2.45, 2.75) is 78.3 Å². The maximum absolute atomic E-state index is 13.7. The number of urea groups is 1. The Bertz CT molecular complexity index is 1140. The summed E-state index contributed by atoms with van der Waals surface area (Å²) >= 11 is 1.60. The quantitative estimate of drug-likeness (QED) is 0.349. The summed E-state index contributed by atoms with van der Waals surface area (Å²) in [5, 5.41) is 8.68. The zero-order chi connectivity index (χ0) is 29.4. The van der Waals surface area contributed by atoms with Crippen molar-refractivity contribution in [2.24, 2.45) is 5.41 Å². The van der Waals surface area contributed by atoms with E-state index in [2.05, 4.69) is 20.9 Å². The first-order valence-corrected chi connectivity index (χ1v) is 14.6. The van der Waals surface area contributed by atoms with Crippen molar-refractivity contribution in [3.05, 3.63) is 41.0 Å². The molecule has 0 spiro atoms. The van der Waals surface area contributed by atoms with Crippen LogP contribution in [-0.2, 0) is 19.1 Å². The maximum Gasteiger partial charge on any atom is 0.315 e. The Hall–Kier alpha value is -3.02. The van der Waals surface area contributed by atoms with Gasteiger partial charge in [-0.25, -0.2) is 9.78 Å². The topological polar surface area (TPSA) is 122 Å². The lowest BCUT2D eigenvalue weighted by Crippen LogP contribution is -2.59. The van der Waals surface area contributed by atoms with E-state index in [9.17, 15) is 14.4 Å². The van der Waals surface area contributed by atoms with Crippen LogP contribution in [0.4, 0.5) is 4.79 Å². The number of aryl methyl sites for hydroxylation is 1. The maximum atomic E-state index is 13.7. The standard InChI is InChI=1S/C29H43N5O5S/c1-18(20-10-12-21(13-11-20)24-19(2)31-17-40-24)32-26(35)22-9-8-16-34(22)27(36)25(29(3,4)5)33-28(37)30-15-14-23(38-6)39-7/h10-13,17-18,22-23,25H,8-9,14-16H2,1-7H3,(H,32,35)(H2,30,33,37)/t18-,22-,25+/m0/s1. The molecule has 1 aliphatic heterocycles. The fourth-order valence-electron chi connectivity index (χ4n) is 4.83. The van der Waals surface area contributed by atoms with E-state index < -0.39 is 29.8 Å². The molecular weight excluding hydrogens is 530 g/mol. The van der Waals surface area contributed by atoms with E-state index >= 15 is 0 Å². The molecule has 40 heavy (non-hydrogen) atoms. The number of hydrogen-bond acceptors (Lipinski definition) is 7. The second kappa shape index (κ2) is 14.0. The highest BCUT2D eigenvalue weighted by Gasteiger charge is 2.42. The summed E-state index contributed by atoms with van der Waals surface area (Å²) in [6.07, 6.45) is 1.34. The number of methoxy groups -OCH3 is 2. The highest BCUT2D eigenvalue weighted by atomic mass is 32.1. The monoisotopic (exact) mass is 573 g/mol. The largest absolute Gasteiger partial charge is 0.356 e. The third-order valence-corrected chi connectivity index (χ3v) is 8.17.